The molecule has 0 aromatic heterocycles. The first-order valence-corrected chi connectivity index (χ1v) is 19.8. The number of piperidine rings is 1. The van der Waals surface area contributed by atoms with Gasteiger partial charge >= 0.3 is 12.2 Å². The van der Waals surface area contributed by atoms with Gasteiger partial charge in [0.25, 0.3) is 0 Å². The third-order valence-corrected chi connectivity index (χ3v) is 13.7. The Hall–Kier alpha value is -3.96. The third kappa shape index (κ3) is 5.93. The van der Waals surface area contributed by atoms with E-state index >= 15 is 0 Å². The third-order valence-electron chi connectivity index (χ3n) is 13.7. The predicted molar refractivity (Wildman–Crippen MR) is 196 cm³/mol. The molecule has 3 N–H and O–H groups in total. The Morgan fingerprint density at radius 3 is 2.19 bits per heavy atom. The fraction of sp³-hybridized carbons (Fsp3) is 0.535. The van der Waals surface area contributed by atoms with Gasteiger partial charge in [-0.15, -0.1) is 0 Å². The first kappa shape index (κ1) is 33.6. The van der Waals surface area contributed by atoms with Crippen LogP contribution in [0.2, 0.25) is 0 Å². The van der Waals surface area contributed by atoms with E-state index in [-0.39, 0.29) is 36.1 Å². The lowest BCUT2D eigenvalue weighted by Gasteiger charge is -2.61. The molecule has 278 valence electrons. The molecule has 7 atom stereocenters. The number of carbonyl (C=O) groups is 2. The standard InChI is InChI=1S/C43H49N3O7/c44-41-22-27-20-30(24-41)43(31(21-27)25-41)51-42(52-53-43)17-5-6-29(23-42)28-11-13-33(14-12-28)50-40(48)46-18-15-32(16-19-46)45-39(47)49-26-38-36-9-3-1-7-34(36)35-8-2-4-10-37(35)38/h1-4,7-14,27,29-32,38H,5-6,15-26,44H2,(H,45,47)/t27?,29-,30-,31+,41?,42-,43+/m1/s1. The molecule has 2 heterocycles. The Morgan fingerprint density at radius 1 is 0.830 bits per heavy atom. The fourth-order valence-corrected chi connectivity index (χ4v) is 11.4. The molecule has 2 aliphatic heterocycles. The second-order valence-electron chi connectivity index (χ2n) is 17.1. The van der Waals surface area contributed by atoms with Crippen molar-refractivity contribution in [3.63, 3.8) is 0 Å². The van der Waals surface area contributed by atoms with Gasteiger partial charge in [0.05, 0.1) is 0 Å². The summed E-state index contributed by atoms with van der Waals surface area (Å²) in [5.41, 5.74) is 12.7. The average molecular weight is 720 g/mol. The van der Waals surface area contributed by atoms with Gasteiger partial charge in [-0.3, -0.25) is 0 Å². The molecule has 5 saturated carbocycles. The lowest BCUT2D eigenvalue weighted by atomic mass is 9.50. The maximum absolute atomic E-state index is 13.1. The zero-order valence-corrected chi connectivity index (χ0v) is 30.2. The van der Waals surface area contributed by atoms with Crippen molar-refractivity contribution < 1.29 is 33.6 Å². The number of nitrogens with zero attached hydrogens (tertiary/aromatic N) is 1. The lowest BCUT2D eigenvalue weighted by molar-refractivity contribution is -0.391. The Balaban J connectivity index is 0.695. The molecule has 0 radical (unpaired) electrons. The van der Waals surface area contributed by atoms with Crippen LogP contribution in [0.1, 0.15) is 99.2 Å². The van der Waals surface area contributed by atoms with Crippen molar-refractivity contribution in [1.29, 1.82) is 0 Å². The number of carbonyl (C=O) groups excluding carboxylic acids is 2. The molecule has 10 heteroatoms. The molecule has 10 nitrogen and oxygen atoms in total. The van der Waals surface area contributed by atoms with Crippen molar-refractivity contribution in [1.82, 2.24) is 10.2 Å². The first-order chi connectivity index (χ1) is 25.8. The molecule has 53 heavy (non-hydrogen) atoms. The highest BCUT2D eigenvalue weighted by Gasteiger charge is 2.69. The zero-order chi connectivity index (χ0) is 35.8. The minimum Gasteiger partial charge on any atom is -0.449 e. The van der Waals surface area contributed by atoms with E-state index in [9.17, 15) is 9.59 Å². The number of benzene rings is 3. The Bertz CT molecular complexity index is 1830. The topological polar surface area (TPSA) is 122 Å². The van der Waals surface area contributed by atoms with E-state index in [4.69, 9.17) is 29.7 Å². The van der Waals surface area contributed by atoms with Crippen LogP contribution < -0.4 is 15.8 Å². The van der Waals surface area contributed by atoms with Crippen molar-refractivity contribution in [3.8, 4) is 16.9 Å². The van der Waals surface area contributed by atoms with Crippen LogP contribution in [0.5, 0.6) is 5.75 Å². The summed E-state index contributed by atoms with van der Waals surface area (Å²) >= 11 is 0. The molecular weight excluding hydrogens is 670 g/mol. The van der Waals surface area contributed by atoms with Crippen molar-refractivity contribution in [2.45, 2.75) is 106 Å². The number of ether oxygens (including phenoxy) is 3. The van der Waals surface area contributed by atoms with Crippen molar-refractivity contribution >= 4 is 12.2 Å². The van der Waals surface area contributed by atoms with E-state index in [0.717, 1.165) is 57.8 Å². The number of nitrogens with two attached hydrogens (primary N) is 1. The van der Waals surface area contributed by atoms with E-state index in [1.54, 1.807) is 4.90 Å². The van der Waals surface area contributed by atoms with Crippen LogP contribution >= 0.6 is 0 Å². The molecule has 2 amide bonds. The summed E-state index contributed by atoms with van der Waals surface area (Å²) in [5.74, 6) is 0.704. The normalized spacial score (nSPS) is 34.3. The summed E-state index contributed by atoms with van der Waals surface area (Å²) in [7, 11) is 0. The number of hydrogen-bond donors (Lipinski definition) is 2. The van der Waals surface area contributed by atoms with Crippen molar-refractivity contribution in [2.24, 2.45) is 23.5 Å². The first-order valence-electron chi connectivity index (χ1n) is 19.8. The van der Waals surface area contributed by atoms with E-state index in [1.165, 1.54) is 27.8 Å². The zero-order valence-electron chi connectivity index (χ0n) is 30.2. The Labute approximate surface area is 310 Å². The lowest BCUT2D eigenvalue weighted by Crippen LogP contribution is -2.67. The Morgan fingerprint density at radius 2 is 1.51 bits per heavy atom. The SMILES string of the molecule is NC12CC3C[C@H](C1)[C@]1(OO[C@@]4(CCC[C@@H](c5ccc(OC(=O)N6CCC(NC(=O)OCC7c8ccccc8-c8ccccc87)CC6)cc5)C4)O1)[C@@H](C3)C2. The van der Waals surface area contributed by atoms with Gasteiger partial charge in [-0.05, 0) is 110 Å². The number of nitrogens with one attached hydrogen (secondary N) is 1. The Kier molecular flexibility index (Phi) is 8.13. The number of hydrogen-bond acceptors (Lipinski definition) is 8. The van der Waals surface area contributed by atoms with Crippen LogP contribution in [0.25, 0.3) is 11.1 Å². The van der Waals surface area contributed by atoms with E-state index in [1.807, 2.05) is 36.4 Å². The highest BCUT2D eigenvalue weighted by atomic mass is 17.3. The van der Waals surface area contributed by atoms with Crippen LogP contribution in [-0.4, -0.2) is 59.9 Å². The molecular formula is C43H49N3O7. The van der Waals surface area contributed by atoms with Crippen LogP contribution in [0.3, 0.4) is 0 Å². The second-order valence-corrected chi connectivity index (χ2v) is 17.1. The average Bonchev–Trinajstić information content (AvgIpc) is 3.69. The van der Waals surface area contributed by atoms with Gasteiger partial charge in [0.2, 0.25) is 11.6 Å². The van der Waals surface area contributed by atoms with Gasteiger partial charge in [-0.2, -0.15) is 9.78 Å². The van der Waals surface area contributed by atoms with Crippen molar-refractivity contribution in [2.75, 3.05) is 19.7 Å². The highest BCUT2D eigenvalue weighted by molar-refractivity contribution is 5.79. The van der Waals surface area contributed by atoms with E-state index in [0.29, 0.717) is 49.4 Å². The molecule has 8 aliphatic rings. The summed E-state index contributed by atoms with van der Waals surface area (Å²) in [4.78, 5) is 40.1. The van der Waals surface area contributed by atoms with Crippen LogP contribution in [0.15, 0.2) is 72.8 Å². The minimum atomic E-state index is -0.725. The van der Waals surface area contributed by atoms with Gasteiger partial charge in [-0.25, -0.2) is 9.59 Å². The molecule has 3 aromatic rings. The molecule has 2 unspecified atom stereocenters. The van der Waals surface area contributed by atoms with Crippen LogP contribution in [-0.2, 0) is 19.2 Å². The van der Waals surface area contributed by atoms with Crippen LogP contribution in [0.4, 0.5) is 9.59 Å². The number of rotatable bonds is 5. The second kappa shape index (κ2) is 12.8. The fourth-order valence-electron chi connectivity index (χ4n) is 11.4. The quantitative estimate of drug-likeness (QED) is 0.257. The van der Waals surface area contributed by atoms with Gasteiger partial charge in [0.15, 0.2) is 0 Å². The monoisotopic (exact) mass is 719 g/mol. The molecule has 3 aromatic carbocycles. The predicted octanol–water partition coefficient (Wildman–Crippen LogP) is 7.75. The number of alkyl carbamates (subject to hydrolysis) is 1. The molecule has 7 fully saturated rings. The highest BCUT2D eigenvalue weighted by Crippen LogP contribution is 2.64. The summed E-state index contributed by atoms with van der Waals surface area (Å²) in [5, 5.41) is 3.02. The van der Waals surface area contributed by atoms with Gasteiger partial charge in [-0.1, -0.05) is 60.7 Å². The van der Waals surface area contributed by atoms with Crippen molar-refractivity contribution in [3.05, 3.63) is 89.5 Å². The van der Waals surface area contributed by atoms with Gasteiger partial charge < -0.3 is 30.2 Å². The van der Waals surface area contributed by atoms with Gasteiger partial charge in [0, 0.05) is 55.3 Å². The minimum absolute atomic E-state index is 0.0158. The molecule has 4 bridgehead atoms. The summed E-state index contributed by atoms with van der Waals surface area (Å²) in [6.45, 7) is 1.26. The summed E-state index contributed by atoms with van der Waals surface area (Å²) in [6, 6.07) is 24.4. The number of fused-ring (bicyclic) bond motifs is 3. The summed E-state index contributed by atoms with van der Waals surface area (Å²) < 4.78 is 18.5. The molecule has 2 saturated heterocycles. The largest absolute Gasteiger partial charge is 0.449 e. The maximum Gasteiger partial charge on any atom is 0.415 e. The van der Waals surface area contributed by atoms with Crippen LogP contribution in [0, 0.1) is 17.8 Å². The summed E-state index contributed by atoms with van der Waals surface area (Å²) in [6.07, 6.45) is 9.36. The number of amides is 2. The van der Waals surface area contributed by atoms with Gasteiger partial charge in [0.1, 0.15) is 12.4 Å². The molecule has 6 aliphatic carbocycles. The molecule has 11 rings (SSSR count). The molecule has 2 spiro atoms. The van der Waals surface area contributed by atoms with E-state index in [2.05, 4.69) is 41.7 Å². The maximum atomic E-state index is 13.1. The smallest absolute Gasteiger partial charge is 0.415 e. The van der Waals surface area contributed by atoms with E-state index < -0.39 is 17.7 Å². The number of likely N-dealkylation sites (tertiary alicyclic amines) is 1.